The predicted octanol–water partition coefficient (Wildman–Crippen LogP) is 2.60. The van der Waals surface area contributed by atoms with Crippen LogP contribution in [0.5, 0.6) is 0 Å². The van der Waals surface area contributed by atoms with Crippen molar-refractivity contribution in [2.24, 2.45) is 10.9 Å². The van der Waals surface area contributed by atoms with Gasteiger partial charge in [-0.25, -0.2) is 0 Å². The molecule has 5 nitrogen and oxygen atoms in total. The summed E-state index contributed by atoms with van der Waals surface area (Å²) >= 11 is 1.89. The van der Waals surface area contributed by atoms with E-state index in [9.17, 15) is 4.79 Å². The third-order valence-corrected chi connectivity index (χ3v) is 4.38. The highest BCUT2D eigenvalue weighted by molar-refractivity contribution is 14.0. The summed E-state index contributed by atoms with van der Waals surface area (Å²) in [5.74, 6) is 2.17. The molecule has 1 heterocycles. The minimum Gasteiger partial charge on any atom is -0.469 e. The molecule has 1 rings (SSSR count). The number of unbranched alkanes of at least 4 members (excludes halogenated alkanes) is 1. The molecule has 1 aliphatic heterocycles. The number of likely N-dealkylation sites (tertiary alicyclic amines) is 1. The molecule has 130 valence electrons. The first-order chi connectivity index (χ1) is 10.2. The van der Waals surface area contributed by atoms with Crippen molar-refractivity contribution >= 4 is 47.7 Å². The number of nitrogens with one attached hydrogen (secondary N) is 1. The van der Waals surface area contributed by atoms with Gasteiger partial charge in [0.2, 0.25) is 0 Å². The number of thioether (sulfide) groups is 1. The number of nitrogens with zero attached hydrogens (tertiary/aromatic N) is 2. The second-order valence-electron chi connectivity index (χ2n) is 5.22. The van der Waals surface area contributed by atoms with E-state index in [1.807, 2.05) is 11.8 Å². The molecule has 0 aliphatic carbocycles. The maximum Gasteiger partial charge on any atom is 0.308 e. The largest absolute Gasteiger partial charge is 0.469 e. The molecule has 0 radical (unpaired) electrons. The van der Waals surface area contributed by atoms with Crippen molar-refractivity contribution in [2.75, 3.05) is 45.3 Å². The average molecular weight is 443 g/mol. The van der Waals surface area contributed by atoms with Gasteiger partial charge in [-0.1, -0.05) is 0 Å². The van der Waals surface area contributed by atoms with Crippen LogP contribution in [0.2, 0.25) is 0 Å². The van der Waals surface area contributed by atoms with Crippen molar-refractivity contribution in [2.45, 2.75) is 32.6 Å². The quantitative estimate of drug-likeness (QED) is 0.216. The summed E-state index contributed by atoms with van der Waals surface area (Å²) in [6, 6.07) is 0. The Labute approximate surface area is 156 Å². The highest BCUT2D eigenvalue weighted by atomic mass is 127. The van der Waals surface area contributed by atoms with Crippen LogP contribution in [0.25, 0.3) is 0 Å². The average Bonchev–Trinajstić information content (AvgIpc) is 2.53. The molecule has 0 aromatic heterocycles. The van der Waals surface area contributed by atoms with Crippen LogP contribution in [0.1, 0.15) is 32.6 Å². The second-order valence-corrected chi connectivity index (χ2v) is 6.21. The molecule has 22 heavy (non-hydrogen) atoms. The summed E-state index contributed by atoms with van der Waals surface area (Å²) in [6.07, 6.45) is 6.19. The minimum absolute atomic E-state index is 0. The number of halogens is 1. The van der Waals surface area contributed by atoms with Crippen LogP contribution in [0.4, 0.5) is 0 Å². The first-order valence-corrected chi connectivity index (χ1v) is 9.22. The number of piperidine rings is 1. The number of methoxy groups -OCH3 is 1. The van der Waals surface area contributed by atoms with Gasteiger partial charge in [-0.05, 0) is 44.6 Å². The number of esters is 1. The van der Waals surface area contributed by atoms with E-state index >= 15 is 0 Å². The Morgan fingerprint density at radius 1 is 1.36 bits per heavy atom. The normalized spacial score (nSPS) is 16.1. The molecule has 0 spiro atoms. The Balaban J connectivity index is 0.00000441. The first kappa shape index (κ1) is 21.8. The number of carbonyl (C=O) groups is 1. The molecule has 1 fully saturated rings. The second kappa shape index (κ2) is 13.3. The zero-order valence-corrected chi connectivity index (χ0v) is 17.1. The first-order valence-electron chi connectivity index (χ1n) is 7.83. The van der Waals surface area contributed by atoms with E-state index in [0.717, 1.165) is 51.4 Å². The zero-order chi connectivity index (χ0) is 15.5. The van der Waals surface area contributed by atoms with Crippen LogP contribution in [-0.4, -0.2) is 62.1 Å². The van der Waals surface area contributed by atoms with Crippen LogP contribution in [0.3, 0.4) is 0 Å². The molecule has 1 saturated heterocycles. The molecule has 0 saturated carbocycles. The molecular formula is C15H30IN3O2S. The molecule has 0 aromatic carbocycles. The molecular weight excluding hydrogens is 413 g/mol. The third kappa shape index (κ3) is 7.89. The van der Waals surface area contributed by atoms with Gasteiger partial charge in [-0.3, -0.25) is 9.79 Å². The predicted molar refractivity (Wildman–Crippen MR) is 105 cm³/mol. The molecule has 7 heteroatoms. The number of aliphatic imine (C=N–C) groups is 1. The highest BCUT2D eigenvalue weighted by Crippen LogP contribution is 2.18. The van der Waals surface area contributed by atoms with Crippen LogP contribution in [0, 0.1) is 5.92 Å². The summed E-state index contributed by atoms with van der Waals surface area (Å²) in [5.41, 5.74) is 0. The lowest BCUT2D eigenvalue weighted by atomic mass is 9.97. The Morgan fingerprint density at radius 3 is 2.59 bits per heavy atom. The van der Waals surface area contributed by atoms with Crippen molar-refractivity contribution in [3.05, 3.63) is 0 Å². The fraction of sp³-hybridized carbons (Fsp3) is 0.867. The van der Waals surface area contributed by atoms with Crippen LogP contribution >= 0.6 is 35.7 Å². The number of hydrogen-bond acceptors (Lipinski definition) is 4. The fourth-order valence-corrected chi connectivity index (χ4v) is 2.96. The molecule has 1 N–H and O–H groups in total. The molecule has 0 atom stereocenters. The van der Waals surface area contributed by atoms with Crippen LogP contribution < -0.4 is 5.32 Å². The number of hydrogen-bond donors (Lipinski definition) is 1. The van der Waals surface area contributed by atoms with Gasteiger partial charge in [-0.2, -0.15) is 11.8 Å². The lowest BCUT2D eigenvalue weighted by molar-refractivity contribution is -0.146. The number of carbonyl (C=O) groups excluding carboxylic acids is 1. The van der Waals surface area contributed by atoms with Gasteiger partial charge < -0.3 is 15.0 Å². The Kier molecular flexibility index (Phi) is 13.2. The highest BCUT2D eigenvalue weighted by Gasteiger charge is 2.26. The van der Waals surface area contributed by atoms with Gasteiger partial charge in [0.1, 0.15) is 0 Å². The topological polar surface area (TPSA) is 53.9 Å². The van der Waals surface area contributed by atoms with E-state index in [1.54, 1.807) is 0 Å². The van der Waals surface area contributed by atoms with E-state index in [4.69, 9.17) is 9.73 Å². The SMILES string of the molecule is CCNC(=NCCCCSC)N1CCC(C(=O)OC)CC1.I. The van der Waals surface area contributed by atoms with Crippen molar-refractivity contribution < 1.29 is 9.53 Å². The van der Waals surface area contributed by atoms with Gasteiger partial charge in [0.25, 0.3) is 0 Å². The monoisotopic (exact) mass is 443 g/mol. The van der Waals surface area contributed by atoms with Crippen molar-refractivity contribution in [3.63, 3.8) is 0 Å². The van der Waals surface area contributed by atoms with E-state index in [0.29, 0.717) is 0 Å². The summed E-state index contributed by atoms with van der Waals surface area (Å²) in [6.45, 7) is 5.58. The third-order valence-electron chi connectivity index (χ3n) is 3.68. The van der Waals surface area contributed by atoms with Crippen molar-refractivity contribution in [1.82, 2.24) is 10.2 Å². The minimum atomic E-state index is -0.0753. The number of guanidine groups is 1. The van der Waals surface area contributed by atoms with Crippen molar-refractivity contribution in [1.29, 1.82) is 0 Å². The van der Waals surface area contributed by atoms with Gasteiger partial charge in [0.15, 0.2) is 5.96 Å². The maximum atomic E-state index is 11.6. The fourth-order valence-electron chi connectivity index (χ4n) is 2.46. The zero-order valence-electron chi connectivity index (χ0n) is 14.0. The van der Waals surface area contributed by atoms with E-state index in [-0.39, 0.29) is 35.9 Å². The summed E-state index contributed by atoms with van der Waals surface area (Å²) in [4.78, 5) is 18.5. The maximum absolute atomic E-state index is 11.6. The standard InChI is InChI=1S/C15H29N3O2S.HI/c1-4-16-15(17-9-5-6-12-21-3)18-10-7-13(8-11-18)14(19)20-2;/h13H,4-12H2,1-3H3,(H,16,17);1H. The van der Waals surface area contributed by atoms with Gasteiger partial charge in [0.05, 0.1) is 13.0 Å². The molecule has 1 aliphatic rings. The Hall–Kier alpha value is -0.180. The van der Waals surface area contributed by atoms with Gasteiger partial charge >= 0.3 is 5.97 Å². The molecule has 0 aromatic rings. The Morgan fingerprint density at radius 2 is 2.05 bits per heavy atom. The molecule has 0 amide bonds. The summed E-state index contributed by atoms with van der Waals surface area (Å²) in [5, 5.41) is 3.36. The van der Waals surface area contributed by atoms with Gasteiger partial charge in [0, 0.05) is 26.2 Å². The summed E-state index contributed by atoms with van der Waals surface area (Å²) in [7, 11) is 1.47. The van der Waals surface area contributed by atoms with Crippen LogP contribution in [-0.2, 0) is 9.53 Å². The lowest BCUT2D eigenvalue weighted by Crippen LogP contribution is -2.46. The lowest BCUT2D eigenvalue weighted by Gasteiger charge is -2.33. The number of rotatable bonds is 7. The van der Waals surface area contributed by atoms with Crippen molar-refractivity contribution in [3.8, 4) is 0 Å². The Bertz CT molecular complexity index is 335. The molecule has 0 bridgehead atoms. The smallest absolute Gasteiger partial charge is 0.308 e. The van der Waals surface area contributed by atoms with Crippen LogP contribution in [0.15, 0.2) is 4.99 Å². The van der Waals surface area contributed by atoms with E-state index in [1.165, 1.54) is 19.3 Å². The number of ether oxygens (including phenoxy) is 1. The van der Waals surface area contributed by atoms with E-state index < -0.39 is 0 Å². The molecule has 0 unspecified atom stereocenters. The van der Waals surface area contributed by atoms with E-state index in [2.05, 4.69) is 23.4 Å². The van der Waals surface area contributed by atoms with Gasteiger partial charge in [-0.15, -0.1) is 24.0 Å². The summed E-state index contributed by atoms with van der Waals surface area (Å²) < 4.78 is 4.83.